The Hall–Kier alpha value is -4.37. The van der Waals surface area contributed by atoms with Gasteiger partial charge in [0.2, 0.25) is 10.0 Å². The topological polar surface area (TPSA) is 126 Å². The zero-order valence-corrected chi connectivity index (χ0v) is 22.8. The average Bonchev–Trinajstić information content (AvgIpc) is 3.36. The Labute approximate surface area is 227 Å². The number of hydrogen-bond acceptors (Lipinski definition) is 7. The minimum Gasteiger partial charge on any atom is -0.383 e. The number of imide groups is 1. The summed E-state index contributed by atoms with van der Waals surface area (Å²) in [5.41, 5.74) is 2.75. The fourth-order valence-corrected chi connectivity index (χ4v) is 5.00. The van der Waals surface area contributed by atoms with Crippen molar-refractivity contribution in [2.24, 2.45) is 0 Å². The van der Waals surface area contributed by atoms with Crippen LogP contribution in [0.3, 0.4) is 0 Å². The van der Waals surface area contributed by atoms with Crippen molar-refractivity contribution in [1.82, 2.24) is 19.0 Å². The summed E-state index contributed by atoms with van der Waals surface area (Å²) in [6.45, 7) is 1.69. The van der Waals surface area contributed by atoms with E-state index in [1.165, 1.54) is 33.3 Å². The van der Waals surface area contributed by atoms with E-state index in [1.54, 1.807) is 36.0 Å². The van der Waals surface area contributed by atoms with Crippen molar-refractivity contribution in [1.29, 1.82) is 5.26 Å². The molecule has 1 aliphatic rings. The third-order valence-corrected chi connectivity index (χ3v) is 8.14. The molecule has 1 aromatic heterocycles. The highest BCUT2D eigenvalue weighted by Crippen LogP contribution is 2.31. The number of para-hydroxylation sites is 1. The van der Waals surface area contributed by atoms with Crippen LogP contribution in [0.15, 0.2) is 82.4 Å². The lowest BCUT2D eigenvalue weighted by Crippen LogP contribution is -2.44. The molecule has 1 aliphatic heterocycles. The van der Waals surface area contributed by atoms with Crippen molar-refractivity contribution >= 4 is 27.9 Å². The predicted octanol–water partition coefficient (Wildman–Crippen LogP) is 3.03. The summed E-state index contributed by atoms with van der Waals surface area (Å²) < 4.78 is 32.9. The van der Waals surface area contributed by atoms with Crippen molar-refractivity contribution < 1.29 is 22.7 Å². The number of methoxy groups -OCH3 is 1. The summed E-state index contributed by atoms with van der Waals surface area (Å²) >= 11 is 0. The van der Waals surface area contributed by atoms with Crippen LogP contribution < -0.4 is 0 Å². The highest BCUT2D eigenvalue weighted by Gasteiger charge is 2.35. The molecule has 0 unspecified atom stereocenters. The molecule has 4 rings (SSSR count). The van der Waals surface area contributed by atoms with Gasteiger partial charge in [-0.15, -0.1) is 0 Å². The van der Waals surface area contributed by atoms with Crippen molar-refractivity contribution in [3.63, 3.8) is 0 Å². The number of aromatic nitrogens is 2. The van der Waals surface area contributed by atoms with Crippen molar-refractivity contribution in [2.75, 3.05) is 34.4 Å². The van der Waals surface area contributed by atoms with Gasteiger partial charge in [0.1, 0.15) is 11.6 Å². The third kappa shape index (κ3) is 5.31. The number of rotatable bonds is 8. The van der Waals surface area contributed by atoms with Gasteiger partial charge in [0, 0.05) is 44.1 Å². The smallest absolute Gasteiger partial charge is 0.271 e. The summed E-state index contributed by atoms with van der Waals surface area (Å²) in [6.07, 6.45) is 3.35. The van der Waals surface area contributed by atoms with E-state index in [2.05, 4.69) is 0 Å². The number of nitrogens with zero attached hydrogens (tertiary/aromatic N) is 5. The van der Waals surface area contributed by atoms with E-state index >= 15 is 0 Å². The lowest BCUT2D eigenvalue weighted by molar-refractivity contribution is -0.141. The lowest BCUT2D eigenvalue weighted by atomic mass is 9.93. The molecule has 0 radical (unpaired) electrons. The van der Waals surface area contributed by atoms with E-state index < -0.39 is 21.8 Å². The Morgan fingerprint density at radius 2 is 1.72 bits per heavy atom. The molecule has 0 aliphatic carbocycles. The minimum atomic E-state index is -3.62. The van der Waals surface area contributed by atoms with E-state index in [9.17, 15) is 23.3 Å². The van der Waals surface area contributed by atoms with Gasteiger partial charge in [-0.05, 0) is 42.8 Å². The van der Waals surface area contributed by atoms with Gasteiger partial charge in [-0.2, -0.15) is 10.4 Å². The van der Waals surface area contributed by atoms with Crippen molar-refractivity contribution in [3.8, 4) is 23.0 Å². The van der Waals surface area contributed by atoms with Gasteiger partial charge in [-0.1, -0.05) is 30.3 Å². The van der Waals surface area contributed by atoms with E-state index in [1.807, 2.05) is 36.4 Å². The number of carbonyl (C=O) groups is 2. The molecular formula is C28H27N5O5S. The minimum absolute atomic E-state index is 0.00190. The standard InChI is InChI=1S/C28H27N5O5S/c1-19-24(27(34)32(14-15-38-4)28(35)25(19)17-29)16-21-18-33(22-8-6-5-7-9-22)30-26(21)20-10-12-23(13-11-20)39(36,37)31(2)3/h5-13,16,18H,14-15H2,1-4H3/b24-16+. The van der Waals surface area contributed by atoms with E-state index in [0.29, 0.717) is 16.8 Å². The molecule has 2 aromatic carbocycles. The molecule has 0 spiro atoms. The molecule has 0 fully saturated rings. The van der Waals surface area contributed by atoms with Crippen molar-refractivity contribution in [3.05, 3.63) is 83.1 Å². The summed E-state index contributed by atoms with van der Waals surface area (Å²) in [5.74, 6) is -1.20. The SMILES string of the molecule is COCCN1C(=O)C(C#N)=C(C)/C(=C\c2cn(-c3ccccc3)nc2-c2ccc(S(=O)(=O)N(C)C)cc2)C1=O. The van der Waals surface area contributed by atoms with Gasteiger partial charge in [-0.25, -0.2) is 17.4 Å². The summed E-state index contributed by atoms with van der Waals surface area (Å²) in [6, 6.07) is 17.6. The van der Waals surface area contributed by atoms with Crippen LogP contribution in [0.2, 0.25) is 0 Å². The van der Waals surface area contributed by atoms with Crippen LogP contribution in [0.25, 0.3) is 23.0 Å². The molecule has 0 N–H and O–H groups in total. The molecule has 0 saturated carbocycles. The molecule has 2 heterocycles. The third-order valence-electron chi connectivity index (χ3n) is 6.31. The first-order valence-corrected chi connectivity index (χ1v) is 13.4. The van der Waals surface area contributed by atoms with Crippen LogP contribution in [0.5, 0.6) is 0 Å². The fourth-order valence-electron chi connectivity index (χ4n) is 4.10. The number of nitriles is 1. The lowest BCUT2D eigenvalue weighted by Gasteiger charge is -2.27. The maximum atomic E-state index is 13.4. The Kier molecular flexibility index (Phi) is 7.92. The molecule has 3 aromatic rings. The fraction of sp³-hybridized carbons (Fsp3) is 0.214. The molecule has 11 heteroatoms. The Morgan fingerprint density at radius 3 is 2.31 bits per heavy atom. The maximum Gasteiger partial charge on any atom is 0.271 e. The molecule has 2 amide bonds. The predicted molar refractivity (Wildman–Crippen MR) is 145 cm³/mol. The van der Waals surface area contributed by atoms with E-state index in [-0.39, 0.29) is 34.8 Å². The van der Waals surface area contributed by atoms with E-state index in [4.69, 9.17) is 9.84 Å². The molecule has 0 atom stereocenters. The molecule has 10 nitrogen and oxygen atoms in total. The number of ether oxygens (including phenoxy) is 1. The Bertz CT molecular complexity index is 1630. The number of carbonyl (C=O) groups excluding carboxylic acids is 2. The first-order valence-electron chi connectivity index (χ1n) is 12.0. The van der Waals surface area contributed by atoms with Crippen molar-refractivity contribution in [2.45, 2.75) is 11.8 Å². The first-order chi connectivity index (χ1) is 18.6. The van der Waals surface area contributed by atoms with Crippen LogP contribution >= 0.6 is 0 Å². The molecule has 0 bridgehead atoms. The molecular weight excluding hydrogens is 518 g/mol. The van der Waals surface area contributed by atoms with Gasteiger partial charge >= 0.3 is 0 Å². The van der Waals surface area contributed by atoms with Crippen LogP contribution in [0, 0.1) is 11.3 Å². The first kappa shape index (κ1) is 27.7. The Morgan fingerprint density at radius 1 is 1.05 bits per heavy atom. The monoisotopic (exact) mass is 545 g/mol. The normalized spacial score (nSPS) is 15.4. The highest BCUT2D eigenvalue weighted by atomic mass is 32.2. The summed E-state index contributed by atoms with van der Waals surface area (Å²) in [5, 5.41) is 14.4. The summed E-state index contributed by atoms with van der Waals surface area (Å²) in [4.78, 5) is 27.3. The molecule has 0 saturated heterocycles. The number of hydrogen-bond donors (Lipinski definition) is 0. The zero-order chi connectivity index (χ0) is 28.3. The second-order valence-electron chi connectivity index (χ2n) is 8.95. The maximum absolute atomic E-state index is 13.4. The average molecular weight is 546 g/mol. The number of amides is 2. The van der Waals surface area contributed by atoms with Crippen LogP contribution in [-0.4, -0.2) is 73.6 Å². The summed E-state index contributed by atoms with van der Waals surface area (Å²) in [7, 11) is 0.758. The van der Waals surface area contributed by atoms with Gasteiger partial charge in [0.15, 0.2) is 0 Å². The van der Waals surface area contributed by atoms with E-state index in [0.717, 1.165) is 14.9 Å². The second-order valence-corrected chi connectivity index (χ2v) is 11.1. The van der Waals surface area contributed by atoms with Gasteiger partial charge in [0.05, 0.1) is 29.4 Å². The quantitative estimate of drug-likeness (QED) is 0.315. The van der Waals surface area contributed by atoms with Crippen LogP contribution in [-0.2, 0) is 24.3 Å². The molecule has 200 valence electrons. The number of benzene rings is 2. The van der Waals surface area contributed by atoms with Gasteiger partial charge < -0.3 is 4.74 Å². The van der Waals surface area contributed by atoms with Gasteiger partial charge in [0.25, 0.3) is 11.8 Å². The van der Waals surface area contributed by atoms with Crippen LogP contribution in [0.4, 0.5) is 0 Å². The zero-order valence-electron chi connectivity index (χ0n) is 22.0. The molecule has 39 heavy (non-hydrogen) atoms. The Balaban J connectivity index is 1.89. The largest absolute Gasteiger partial charge is 0.383 e. The number of sulfonamides is 1. The van der Waals surface area contributed by atoms with Crippen LogP contribution in [0.1, 0.15) is 12.5 Å². The highest BCUT2D eigenvalue weighted by molar-refractivity contribution is 7.89. The van der Waals surface area contributed by atoms with Gasteiger partial charge in [-0.3, -0.25) is 14.5 Å². The second kappa shape index (κ2) is 11.2.